The maximum absolute atomic E-state index is 12.7. The van der Waals surface area contributed by atoms with E-state index in [0.29, 0.717) is 5.75 Å². The van der Waals surface area contributed by atoms with E-state index in [1.54, 1.807) is 12.1 Å². The lowest BCUT2D eigenvalue weighted by Crippen LogP contribution is -2.67. The number of rotatable bonds is 11. The number of ether oxygens (including phenoxy) is 6. The van der Waals surface area contributed by atoms with Gasteiger partial charge in [-0.05, 0) is 24.3 Å². The number of alkyl halides is 3. The van der Waals surface area contributed by atoms with E-state index >= 15 is 0 Å². The summed E-state index contributed by atoms with van der Waals surface area (Å²) in [6, 6.07) is 4.52. The maximum Gasteiger partial charge on any atom is 0.336 e. The van der Waals surface area contributed by atoms with Crippen molar-refractivity contribution >= 4 is 63.0 Å². The molecule has 0 spiro atoms. The summed E-state index contributed by atoms with van der Waals surface area (Å²) in [6.45, 7) is 1.92. The van der Waals surface area contributed by atoms with Crippen molar-refractivity contribution in [3.8, 4) is 11.5 Å². The van der Waals surface area contributed by atoms with Crippen molar-refractivity contribution < 1.29 is 55.4 Å². The average molecular weight is 623 g/mol. The lowest BCUT2D eigenvalue weighted by atomic mass is 9.97. The molecule has 1 N–H and O–H groups in total. The van der Waals surface area contributed by atoms with E-state index in [1.165, 1.54) is 19.2 Å². The summed E-state index contributed by atoms with van der Waals surface area (Å²) >= 11 is 16.8. The first kappa shape index (κ1) is 32.1. The Labute approximate surface area is 234 Å². The van der Waals surface area contributed by atoms with Gasteiger partial charge in [-0.15, -0.1) is 0 Å². The van der Waals surface area contributed by atoms with Crippen LogP contribution in [0.2, 0.25) is 0 Å². The molecule has 1 aliphatic heterocycles. The Morgan fingerprint density at radius 1 is 0.947 bits per heavy atom. The van der Waals surface area contributed by atoms with E-state index < -0.39 is 75.9 Å². The van der Waals surface area contributed by atoms with E-state index in [2.05, 4.69) is 4.72 Å². The maximum atomic E-state index is 12.7. The van der Waals surface area contributed by atoms with Crippen LogP contribution in [0.4, 0.5) is 0 Å². The molecule has 0 amide bonds. The molecule has 0 unspecified atom stereocenters. The molecule has 214 valence electrons. The van der Waals surface area contributed by atoms with Crippen molar-refractivity contribution in [1.82, 2.24) is 4.72 Å². The van der Waals surface area contributed by atoms with E-state index in [4.69, 9.17) is 67.4 Å². The number of nitrogens with one attached hydrogen (secondary N) is 1. The second-order valence-electron chi connectivity index (χ2n) is 7.76. The Morgan fingerprint density at radius 2 is 1.50 bits per heavy atom. The highest BCUT2D eigenvalue weighted by molar-refractivity contribution is 7.84. The van der Waals surface area contributed by atoms with Crippen molar-refractivity contribution in [1.29, 1.82) is 0 Å². The van der Waals surface area contributed by atoms with Crippen molar-refractivity contribution in [2.75, 3.05) is 20.3 Å². The Morgan fingerprint density at radius 3 is 2.00 bits per heavy atom. The number of benzene rings is 1. The molecule has 1 fully saturated rings. The number of hydrogen-bond donors (Lipinski definition) is 1. The van der Waals surface area contributed by atoms with Gasteiger partial charge in [-0.2, -0.15) is 13.1 Å². The van der Waals surface area contributed by atoms with Crippen LogP contribution in [0.25, 0.3) is 0 Å². The fraction of sp³-hybridized carbons (Fsp3) is 0.571. The quantitative estimate of drug-likeness (QED) is 0.217. The molecule has 17 heteroatoms. The Bertz CT molecular complexity index is 1080. The normalized spacial score (nSPS) is 23.7. The summed E-state index contributed by atoms with van der Waals surface area (Å²) in [5, 5.41) is 0. The second kappa shape index (κ2) is 13.8. The lowest BCUT2D eigenvalue weighted by molar-refractivity contribution is -0.255. The average Bonchev–Trinajstić information content (AvgIpc) is 2.80. The van der Waals surface area contributed by atoms with Crippen LogP contribution in [0.15, 0.2) is 24.3 Å². The van der Waals surface area contributed by atoms with Crippen molar-refractivity contribution in [3.63, 3.8) is 0 Å². The zero-order valence-corrected chi connectivity index (χ0v) is 23.6. The number of methoxy groups -OCH3 is 1. The fourth-order valence-electron chi connectivity index (χ4n) is 3.26. The molecule has 0 bridgehead atoms. The van der Waals surface area contributed by atoms with E-state index in [9.17, 15) is 22.8 Å². The smallest absolute Gasteiger partial charge is 0.336 e. The van der Waals surface area contributed by atoms with Gasteiger partial charge >= 0.3 is 28.2 Å². The second-order valence-corrected chi connectivity index (χ2v) is 11.7. The van der Waals surface area contributed by atoms with Gasteiger partial charge in [0.15, 0.2) is 12.2 Å². The first-order valence-electron chi connectivity index (χ1n) is 10.8. The van der Waals surface area contributed by atoms with Crippen LogP contribution in [0, 0.1) is 0 Å². The molecule has 5 atom stereocenters. The monoisotopic (exact) mass is 621 g/mol. The van der Waals surface area contributed by atoms with Crippen molar-refractivity contribution in [3.05, 3.63) is 24.3 Å². The van der Waals surface area contributed by atoms with E-state index in [1.807, 2.05) is 0 Å². The van der Waals surface area contributed by atoms with Crippen LogP contribution in [-0.4, -0.2) is 81.1 Å². The summed E-state index contributed by atoms with van der Waals surface area (Å²) in [7, 11) is -3.26. The molecule has 0 aromatic heterocycles. The molecule has 0 aliphatic carbocycles. The van der Waals surface area contributed by atoms with Crippen LogP contribution in [-0.2, 0) is 47.8 Å². The van der Waals surface area contributed by atoms with Gasteiger partial charge < -0.3 is 28.4 Å². The highest BCUT2D eigenvalue weighted by Gasteiger charge is 2.53. The molecule has 0 radical (unpaired) electrons. The standard InChI is InChI=1S/C21H26Cl3NO12S/c1-11(26)32-9-16-18(34-12(2)27)19(35-13(3)28)17(25-38(29,30)33-10-21(22,23)24)20(37-16)36-15-7-5-14(31-4)6-8-15/h5-8,16-20,25H,9-10H2,1-4H3/t16-,17-,18-,19-,20-/m1/s1. The van der Waals surface area contributed by atoms with Crippen LogP contribution < -0.4 is 14.2 Å². The largest absolute Gasteiger partial charge is 0.497 e. The summed E-state index contributed by atoms with van der Waals surface area (Å²) in [5.74, 6) is -1.70. The SMILES string of the molecule is COc1ccc(O[C@@H]2O[C@H](COC(C)=O)[C@@H](OC(C)=O)[C@H](OC(C)=O)[C@H]2NS(=O)(=O)OCC(Cl)(Cl)Cl)cc1. The van der Waals surface area contributed by atoms with Crippen LogP contribution in [0.3, 0.4) is 0 Å². The summed E-state index contributed by atoms with van der Waals surface area (Å²) in [4.78, 5) is 35.4. The molecular weight excluding hydrogens is 597 g/mol. The third kappa shape index (κ3) is 10.6. The van der Waals surface area contributed by atoms with Gasteiger partial charge in [-0.3, -0.25) is 18.6 Å². The van der Waals surface area contributed by atoms with Crippen LogP contribution >= 0.6 is 34.8 Å². The predicted octanol–water partition coefficient (Wildman–Crippen LogP) is 1.82. The molecule has 1 aliphatic rings. The number of carbonyl (C=O) groups is 3. The molecule has 0 saturated carbocycles. The molecule has 1 aromatic carbocycles. The lowest BCUT2D eigenvalue weighted by Gasteiger charge is -2.44. The molecule has 1 aromatic rings. The Hall–Kier alpha value is -2.07. The number of esters is 3. The number of hydrogen-bond acceptors (Lipinski definition) is 12. The zero-order valence-electron chi connectivity index (χ0n) is 20.6. The highest BCUT2D eigenvalue weighted by atomic mass is 35.6. The third-order valence-corrected chi connectivity index (χ3v) is 5.99. The van der Waals surface area contributed by atoms with Gasteiger partial charge in [0.1, 0.15) is 36.9 Å². The fourth-order valence-corrected chi connectivity index (χ4v) is 4.60. The molecule has 38 heavy (non-hydrogen) atoms. The van der Waals surface area contributed by atoms with Gasteiger partial charge in [0.05, 0.1) is 7.11 Å². The van der Waals surface area contributed by atoms with E-state index in [-0.39, 0.29) is 5.75 Å². The minimum Gasteiger partial charge on any atom is -0.497 e. The van der Waals surface area contributed by atoms with Gasteiger partial charge in [-0.1, -0.05) is 34.8 Å². The third-order valence-electron chi connectivity index (χ3n) is 4.67. The molecule has 1 saturated heterocycles. The summed E-state index contributed by atoms with van der Waals surface area (Å²) < 4.78 is 62.7. The van der Waals surface area contributed by atoms with Crippen LogP contribution in [0.1, 0.15) is 20.8 Å². The zero-order chi connectivity index (χ0) is 28.7. The van der Waals surface area contributed by atoms with Crippen molar-refractivity contribution in [2.24, 2.45) is 0 Å². The predicted molar refractivity (Wildman–Crippen MR) is 132 cm³/mol. The van der Waals surface area contributed by atoms with Gasteiger partial charge in [0, 0.05) is 20.8 Å². The van der Waals surface area contributed by atoms with Crippen molar-refractivity contribution in [2.45, 2.75) is 55.2 Å². The molecule has 2 rings (SSSR count). The first-order chi connectivity index (χ1) is 17.6. The van der Waals surface area contributed by atoms with Gasteiger partial charge in [0.25, 0.3) is 0 Å². The number of carbonyl (C=O) groups excluding carboxylic acids is 3. The Balaban J connectivity index is 2.52. The van der Waals surface area contributed by atoms with Gasteiger partial charge in [0.2, 0.25) is 10.1 Å². The summed E-state index contributed by atoms with van der Waals surface area (Å²) in [5.41, 5.74) is 0. The van der Waals surface area contributed by atoms with E-state index in [0.717, 1.165) is 20.8 Å². The Kier molecular flexibility index (Phi) is 11.7. The molecular formula is C21H26Cl3NO12S. The summed E-state index contributed by atoms with van der Waals surface area (Å²) in [6.07, 6.45) is -5.81. The highest BCUT2D eigenvalue weighted by Crippen LogP contribution is 2.31. The van der Waals surface area contributed by atoms with Gasteiger partial charge in [-0.25, -0.2) is 0 Å². The molecule has 13 nitrogen and oxygen atoms in total. The number of halogens is 3. The topological polar surface area (TPSA) is 162 Å². The minimum absolute atomic E-state index is 0.181. The minimum atomic E-state index is -4.71. The van der Waals surface area contributed by atoms with Crippen LogP contribution in [0.5, 0.6) is 11.5 Å². The first-order valence-corrected chi connectivity index (χ1v) is 13.3. The molecule has 1 heterocycles.